The molecule has 1 atom stereocenters. The largest absolute Gasteiger partial charge is 0.485 e. The van der Waals surface area contributed by atoms with Gasteiger partial charge >= 0.3 is 5.97 Å². The first kappa shape index (κ1) is 15.2. The van der Waals surface area contributed by atoms with Gasteiger partial charge < -0.3 is 14.2 Å². The Balaban J connectivity index is 1.77. The molecule has 1 aliphatic heterocycles. The normalized spacial score (nSPS) is 16.2. The number of aryl methyl sites for hydroxylation is 1. The molecule has 0 aliphatic carbocycles. The lowest BCUT2D eigenvalue weighted by atomic mass is 10.2. The Morgan fingerprint density at radius 1 is 1.32 bits per heavy atom. The lowest BCUT2D eigenvalue weighted by molar-refractivity contribution is -0.144. The molecule has 0 amide bonds. The molecule has 0 saturated heterocycles. The van der Waals surface area contributed by atoms with Gasteiger partial charge in [-0.05, 0) is 36.8 Å². The first-order valence-corrected chi connectivity index (χ1v) is 7.77. The van der Waals surface area contributed by atoms with Gasteiger partial charge in [-0.2, -0.15) is 0 Å². The Kier molecular flexibility index (Phi) is 4.27. The van der Waals surface area contributed by atoms with E-state index in [9.17, 15) is 4.79 Å². The highest BCUT2D eigenvalue weighted by Gasteiger charge is 2.29. The Labute approximate surface area is 141 Å². The highest BCUT2D eigenvalue weighted by atomic mass is 79.9. The van der Waals surface area contributed by atoms with Crippen LogP contribution in [0.3, 0.4) is 0 Å². The molecular weight excluding hydrogens is 372 g/mol. The van der Waals surface area contributed by atoms with Crippen molar-refractivity contribution in [3.63, 3.8) is 0 Å². The Bertz CT molecular complexity index is 709. The second kappa shape index (κ2) is 6.18. The first-order valence-electron chi connectivity index (χ1n) is 6.60. The molecule has 0 saturated carbocycles. The van der Waals surface area contributed by atoms with Crippen LogP contribution in [0.1, 0.15) is 5.56 Å². The molecule has 0 aromatic heterocycles. The number of carbonyl (C=O) groups excluding carboxylic acids is 1. The minimum absolute atomic E-state index is 0.100. The fourth-order valence-electron chi connectivity index (χ4n) is 2.12. The SMILES string of the molecule is Cc1cc(Br)cc(Cl)c1OC(=O)[C@H]1COc2ccccc2O1. The summed E-state index contributed by atoms with van der Waals surface area (Å²) < 4.78 is 17.3. The van der Waals surface area contributed by atoms with Gasteiger partial charge in [0, 0.05) is 4.47 Å². The Morgan fingerprint density at radius 2 is 2.05 bits per heavy atom. The number of esters is 1. The van der Waals surface area contributed by atoms with Crippen LogP contribution in [0, 0.1) is 6.92 Å². The molecule has 0 N–H and O–H groups in total. The first-order chi connectivity index (χ1) is 10.5. The molecule has 6 heteroatoms. The Morgan fingerprint density at radius 3 is 2.77 bits per heavy atom. The van der Waals surface area contributed by atoms with Gasteiger partial charge in [-0.1, -0.05) is 39.7 Å². The standard InChI is InChI=1S/C16H12BrClO4/c1-9-6-10(17)7-11(18)15(9)22-16(19)14-8-20-12-4-2-3-5-13(12)21-14/h2-7,14H,8H2,1H3/t14-/m1/s1. The predicted molar refractivity (Wildman–Crippen MR) is 85.9 cm³/mol. The van der Waals surface area contributed by atoms with Crippen molar-refractivity contribution in [3.05, 3.63) is 51.5 Å². The van der Waals surface area contributed by atoms with Crippen molar-refractivity contribution in [2.45, 2.75) is 13.0 Å². The minimum atomic E-state index is -0.825. The number of hydrogen-bond acceptors (Lipinski definition) is 4. The van der Waals surface area contributed by atoms with Crippen LogP contribution in [-0.2, 0) is 4.79 Å². The third-order valence-electron chi connectivity index (χ3n) is 3.17. The van der Waals surface area contributed by atoms with Gasteiger partial charge in [0.2, 0.25) is 6.10 Å². The summed E-state index contributed by atoms with van der Waals surface area (Å²) >= 11 is 9.46. The molecule has 0 bridgehead atoms. The van der Waals surface area contributed by atoms with Crippen molar-refractivity contribution in [2.24, 2.45) is 0 Å². The number of carbonyl (C=O) groups is 1. The quantitative estimate of drug-likeness (QED) is 0.577. The number of fused-ring (bicyclic) bond motifs is 1. The van der Waals surface area contributed by atoms with Gasteiger partial charge in [-0.25, -0.2) is 4.79 Å². The van der Waals surface area contributed by atoms with Crippen LogP contribution in [-0.4, -0.2) is 18.7 Å². The van der Waals surface area contributed by atoms with E-state index in [-0.39, 0.29) is 6.61 Å². The average molecular weight is 384 g/mol. The molecule has 114 valence electrons. The smallest absolute Gasteiger partial charge is 0.356 e. The summed E-state index contributed by atoms with van der Waals surface area (Å²) in [5.74, 6) is 0.929. The maximum absolute atomic E-state index is 12.3. The van der Waals surface area contributed by atoms with E-state index in [2.05, 4.69) is 15.9 Å². The van der Waals surface area contributed by atoms with Gasteiger partial charge in [-0.15, -0.1) is 0 Å². The zero-order valence-corrected chi connectivity index (χ0v) is 14.0. The van der Waals surface area contributed by atoms with Crippen molar-refractivity contribution in [2.75, 3.05) is 6.61 Å². The van der Waals surface area contributed by atoms with Crippen molar-refractivity contribution in [1.82, 2.24) is 0 Å². The molecule has 22 heavy (non-hydrogen) atoms. The molecular formula is C16H12BrClO4. The molecule has 1 aliphatic rings. The summed E-state index contributed by atoms with van der Waals surface area (Å²) in [4.78, 5) is 12.3. The zero-order chi connectivity index (χ0) is 15.7. The highest BCUT2D eigenvalue weighted by Crippen LogP contribution is 2.34. The second-order valence-corrected chi connectivity index (χ2v) is 6.14. The van der Waals surface area contributed by atoms with Gasteiger partial charge in [0.1, 0.15) is 6.61 Å². The number of ether oxygens (including phenoxy) is 3. The van der Waals surface area contributed by atoms with Gasteiger partial charge in [0.25, 0.3) is 0 Å². The second-order valence-electron chi connectivity index (χ2n) is 4.82. The van der Waals surface area contributed by atoms with Crippen molar-refractivity contribution in [3.8, 4) is 17.2 Å². The molecule has 4 nitrogen and oxygen atoms in total. The van der Waals surface area contributed by atoms with Crippen LogP contribution >= 0.6 is 27.5 Å². The van der Waals surface area contributed by atoms with E-state index >= 15 is 0 Å². The molecule has 0 fully saturated rings. The minimum Gasteiger partial charge on any atom is -0.485 e. The molecule has 2 aromatic carbocycles. The summed E-state index contributed by atoms with van der Waals surface area (Å²) in [5, 5.41) is 0.359. The summed E-state index contributed by atoms with van der Waals surface area (Å²) in [6.07, 6.45) is -0.825. The Hall–Kier alpha value is -1.72. The number of para-hydroxylation sites is 2. The summed E-state index contributed by atoms with van der Waals surface area (Å²) in [6.45, 7) is 1.91. The van der Waals surface area contributed by atoms with E-state index in [1.165, 1.54) is 0 Å². The number of halogens is 2. The predicted octanol–water partition coefficient (Wildman–Crippen LogP) is 4.16. The molecule has 3 rings (SSSR count). The van der Waals surface area contributed by atoms with Crippen LogP contribution in [0.2, 0.25) is 5.02 Å². The summed E-state index contributed by atoms with van der Waals surface area (Å²) in [6, 6.07) is 10.7. The van der Waals surface area contributed by atoms with Gasteiger partial charge in [0.15, 0.2) is 17.2 Å². The van der Waals surface area contributed by atoms with E-state index < -0.39 is 12.1 Å². The van der Waals surface area contributed by atoms with Crippen molar-refractivity contribution >= 4 is 33.5 Å². The van der Waals surface area contributed by atoms with E-state index in [0.717, 1.165) is 10.0 Å². The molecule has 2 aromatic rings. The monoisotopic (exact) mass is 382 g/mol. The van der Waals surface area contributed by atoms with Crippen LogP contribution in [0.4, 0.5) is 0 Å². The van der Waals surface area contributed by atoms with E-state index in [0.29, 0.717) is 22.3 Å². The lowest BCUT2D eigenvalue weighted by Crippen LogP contribution is -2.39. The van der Waals surface area contributed by atoms with Crippen LogP contribution in [0.15, 0.2) is 40.9 Å². The van der Waals surface area contributed by atoms with Crippen LogP contribution in [0.25, 0.3) is 0 Å². The fourth-order valence-corrected chi connectivity index (χ4v) is 3.13. The summed E-state index contributed by atoms with van der Waals surface area (Å²) in [7, 11) is 0. The third kappa shape index (κ3) is 3.05. The molecule has 0 unspecified atom stereocenters. The van der Waals surface area contributed by atoms with Crippen molar-refractivity contribution in [1.29, 1.82) is 0 Å². The fraction of sp³-hybridized carbons (Fsp3) is 0.188. The van der Waals surface area contributed by atoms with Crippen LogP contribution < -0.4 is 14.2 Å². The number of hydrogen-bond donors (Lipinski definition) is 0. The average Bonchev–Trinajstić information content (AvgIpc) is 2.50. The molecule has 0 radical (unpaired) electrons. The molecule has 1 heterocycles. The maximum atomic E-state index is 12.3. The van der Waals surface area contributed by atoms with E-state index in [1.54, 1.807) is 18.2 Å². The number of benzene rings is 2. The summed E-state index contributed by atoms with van der Waals surface area (Å²) in [5.41, 5.74) is 0.754. The van der Waals surface area contributed by atoms with Crippen molar-refractivity contribution < 1.29 is 19.0 Å². The third-order valence-corrected chi connectivity index (χ3v) is 3.91. The lowest BCUT2D eigenvalue weighted by Gasteiger charge is -2.25. The van der Waals surface area contributed by atoms with Gasteiger partial charge in [0.05, 0.1) is 5.02 Å². The maximum Gasteiger partial charge on any atom is 0.356 e. The molecule has 0 spiro atoms. The topological polar surface area (TPSA) is 44.8 Å². The van der Waals surface area contributed by atoms with Crippen LogP contribution in [0.5, 0.6) is 17.2 Å². The van der Waals surface area contributed by atoms with Gasteiger partial charge in [-0.3, -0.25) is 0 Å². The zero-order valence-electron chi connectivity index (χ0n) is 11.6. The number of rotatable bonds is 2. The highest BCUT2D eigenvalue weighted by molar-refractivity contribution is 9.10. The van der Waals surface area contributed by atoms with E-state index in [1.807, 2.05) is 25.1 Å². The van der Waals surface area contributed by atoms with E-state index in [4.69, 9.17) is 25.8 Å².